The summed E-state index contributed by atoms with van der Waals surface area (Å²) < 4.78 is 11.6. The molecule has 2 aliphatic rings. The molecule has 1 aromatic carbocycles. The molecule has 2 unspecified atom stereocenters. The smallest absolute Gasteiger partial charge is 0.292 e. The topological polar surface area (TPSA) is 101 Å². The van der Waals surface area contributed by atoms with Gasteiger partial charge in [0, 0.05) is 45.9 Å². The summed E-state index contributed by atoms with van der Waals surface area (Å²) in [4.78, 5) is 17.2. The second-order valence-electron chi connectivity index (χ2n) is 6.58. The van der Waals surface area contributed by atoms with Gasteiger partial charge >= 0.3 is 0 Å². The van der Waals surface area contributed by atoms with Crippen LogP contribution in [0.2, 0.25) is 0 Å². The summed E-state index contributed by atoms with van der Waals surface area (Å²) in [6.07, 6.45) is 2.38. The lowest BCUT2D eigenvalue weighted by Gasteiger charge is -2.37. The number of nitrogens with zero attached hydrogens (tertiary/aromatic N) is 3. The van der Waals surface area contributed by atoms with Crippen LogP contribution in [0.4, 0.5) is 11.4 Å². The molecule has 2 atom stereocenters. The molecule has 2 saturated heterocycles. The fraction of sp³-hybridized carbons (Fsp3) is 0.611. The lowest BCUT2D eigenvalue weighted by atomic mass is 10.1. The van der Waals surface area contributed by atoms with Crippen molar-refractivity contribution in [3.8, 4) is 0 Å². The van der Waals surface area contributed by atoms with E-state index < -0.39 is 0 Å². The summed E-state index contributed by atoms with van der Waals surface area (Å²) in [7, 11) is 1.76. The zero-order valence-electron chi connectivity index (χ0n) is 15.6. The van der Waals surface area contributed by atoms with Gasteiger partial charge in [-0.05, 0) is 18.9 Å². The van der Waals surface area contributed by atoms with Crippen molar-refractivity contribution in [1.29, 1.82) is 0 Å². The number of nitro groups is 1. The Labute approximate surface area is 158 Å². The third kappa shape index (κ3) is 5.08. The molecule has 27 heavy (non-hydrogen) atoms. The predicted octanol–water partition coefficient (Wildman–Crippen LogP) is 1.46. The van der Waals surface area contributed by atoms with E-state index in [0.717, 1.165) is 38.5 Å². The van der Waals surface area contributed by atoms with E-state index in [9.17, 15) is 10.1 Å². The van der Waals surface area contributed by atoms with Gasteiger partial charge < -0.3 is 25.0 Å². The van der Waals surface area contributed by atoms with Crippen LogP contribution in [0.3, 0.4) is 0 Å². The van der Waals surface area contributed by atoms with E-state index in [-0.39, 0.29) is 22.8 Å². The standard InChI is InChI=1S/C18H27N5O4/c1-19-18(22-10-12-27-17(13-22)16-7-4-11-26-16)21-9-8-20-14-5-2-3-6-15(14)23(24)25/h2-3,5-6,16-17,20H,4,7-13H2,1H3,(H,19,21). The van der Waals surface area contributed by atoms with E-state index >= 15 is 0 Å². The average molecular weight is 377 g/mol. The molecule has 0 bridgehead atoms. The molecule has 2 aliphatic heterocycles. The summed E-state index contributed by atoms with van der Waals surface area (Å²) in [6.45, 7) is 4.14. The third-order valence-corrected chi connectivity index (χ3v) is 4.81. The van der Waals surface area contributed by atoms with Crippen molar-refractivity contribution in [2.45, 2.75) is 25.0 Å². The maximum atomic E-state index is 11.1. The Kier molecular flexibility index (Phi) is 6.83. The van der Waals surface area contributed by atoms with E-state index in [0.29, 0.717) is 25.4 Å². The van der Waals surface area contributed by atoms with Gasteiger partial charge in [0.1, 0.15) is 11.8 Å². The van der Waals surface area contributed by atoms with E-state index in [1.165, 1.54) is 6.07 Å². The van der Waals surface area contributed by atoms with Crippen molar-refractivity contribution < 1.29 is 14.4 Å². The summed E-state index contributed by atoms with van der Waals surface area (Å²) in [6, 6.07) is 6.64. The highest BCUT2D eigenvalue weighted by molar-refractivity contribution is 5.80. The van der Waals surface area contributed by atoms with Gasteiger partial charge in [0.15, 0.2) is 5.96 Å². The maximum Gasteiger partial charge on any atom is 0.292 e. The summed E-state index contributed by atoms with van der Waals surface area (Å²) in [5.74, 6) is 0.811. The summed E-state index contributed by atoms with van der Waals surface area (Å²) in [5, 5.41) is 17.5. The minimum atomic E-state index is -0.381. The van der Waals surface area contributed by atoms with E-state index in [1.807, 2.05) is 0 Å². The molecule has 0 radical (unpaired) electrons. The molecular formula is C18H27N5O4. The number of anilines is 1. The van der Waals surface area contributed by atoms with Gasteiger partial charge in [-0.25, -0.2) is 0 Å². The van der Waals surface area contributed by atoms with Crippen molar-refractivity contribution >= 4 is 17.3 Å². The normalized spacial score (nSPS) is 23.3. The number of ether oxygens (including phenoxy) is 2. The SMILES string of the molecule is CN=C(NCCNc1ccccc1[N+](=O)[O-])N1CCOC(C2CCCO2)C1. The van der Waals surface area contributed by atoms with Gasteiger partial charge in [-0.2, -0.15) is 0 Å². The molecule has 2 N–H and O–H groups in total. The van der Waals surface area contributed by atoms with Crippen molar-refractivity contribution in [3.63, 3.8) is 0 Å². The molecule has 9 nitrogen and oxygen atoms in total. The molecule has 2 fully saturated rings. The average Bonchev–Trinajstić information content (AvgIpc) is 3.23. The third-order valence-electron chi connectivity index (χ3n) is 4.81. The predicted molar refractivity (Wildman–Crippen MR) is 103 cm³/mol. The molecular weight excluding hydrogens is 350 g/mol. The van der Waals surface area contributed by atoms with Gasteiger partial charge in [0.25, 0.3) is 5.69 Å². The Hall–Kier alpha value is -2.39. The van der Waals surface area contributed by atoms with Crippen LogP contribution in [-0.4, -0.2) is 74.4 Å². The van der Waals surface area contributed by atoms with E-state index in [1.54, 1.807) is 25.2 Å². The van der Waals surface area contributed by atoms with Gasteiger partial charge in [0.2, 0.25) is 0 Å². The zero-order valence-corrected chi connectivity index (χ0v) is 15.6. The van der Waals surface area contributed by atoms with Crippen molar-refractivity contribution in [3.05, 3.63) is 34.4 Å². The maximum absolute atomic E-state index is 11.1. The van der Waals surface area contributed by atoms with Gasteiger partial charge in [-0.3, -0.25) is 15.1 Å². The number of para-hydroxylation sites is 2. The van der Waals surface area contributed by atoms with Gasteiger partial charge in [-0.15, -0.1) is 0 Å². The number of guanidine groups is 1. The van der Waals surface area contributed by atoms with Crippen LogP contribution < -0.4 is 10.6 Å². The molecule has 0 saturated carbocycles. The highest BCUT2D eigenvalue weighted by Crippen LogP contribution is 2.23. The number of rotatable bonds is 6. The Morgan fingerprint density at radius 3 is 2.85 bits per heavy atom. The number of benzene rings is 1. The highest BCUT2D eigenvalue weighted by Gasteiger charge is 2.32. The first-order valence-electron chi connectivity index (χ1n) is 9.35. The molecule has 0 aliphatic carbocycles. The zero-order chi connectivity index (χ0) is 19.1. The Bertz CT molecular complexity index is 663. The number of hydrogen-bond acceptors (Lipinski definition) is 6. The van der Waals surface area contributed by atoms with Crippen molar-refractivity contribution in [2.75, 3.05) is 51.8 Å². The molecule has 1 aromatic rings. The van der Waals surface area contributed by atoms with Crippen LogP contribution in [-0.2, 0) is 9.47 Å². The van der Waals surface area contributed by atoms with Crippen LogP contribution in [0.5, 0.6) is 0 Å². The first-order chi connectivity index (χ1) is 13.2. The summed E-state index contributed by atoms with van der Waals surface area (Å²) in [5.41, 5.74) is 0.596. The molecule has 9 heteroatoms. The van der Waals surface area contributed by atoms with E-state index in [2.05, 4.69) is 20.5 Å². The number of nitro benzene ring substituents is 1. The lowest BCUT2D eigenvalue weighted by molar-refractivity contribution is -0.384. The number of aliphatic imine (C=N–C) groups is 1. The Morgan fingerprint density at radius 1 is 1.30 bits per heavy atom. The quantitative estimate of drug-likeness (QED) is 0.254. The minimum absolute atomic E-state index is 0.0740. The second kappa shape index (κ2) is 9.52. The molecule has 2 heterocycles. The Balaban J connectivity index is 1.47. The minimum Gasteiger partial charge on any atom is -0.378 e. The van der Waals surface area contributed by atoms with E-state index in [4.69, 9.17) is 9.47 Å². The molecule has 0 spiro atoms. The van der Waals surface area contributed by atoms with Crippen LogP contribution in [0.25, 0.3) is 0 Å². The highest BCUT2D eigenvalue weighted by atomic mass is 16.6. The fourth-order valence-corrected chi connectivity index (χ4v) is 3.47. The molecule has 0 amide bonds. The van der Waals surface area contributed by atoms with Crippen LogP contribution in [0.1, 0.15) is 12.8 Å². The summed E-state index contributed by atoms with van der Waals surface area (Å²) >= 11 is 0. The fourth-order valence-electron chi connectivity index (χ4n) is 3.47. The number of nitrogens with one attached hydrogen (secondary N) is 2. The van der Waals surface area contributed by atoms with Crippen LogP contribution in [0.15, 0.2) is 29.3 Å². The first-order valence-corrected chi connectivity index (χ1v) is 9.35. The van der Waals surface area contributed by atoms with Crippen LogP contribution >= 0.6 is 0 Å². The molecule has 0 aromatic heterocycles. The van der Waals surface area contributed by atoms with Crippen molar-refractivity contribution in [1.82, 2.24) is 10.2 Å². The Morgan fingerprint density at radius 2 is 2.11 bits per heavy atom. The van der Waals surface area contributed by atoms with Crippen molar-refractivity contribution in [2.24, 2.45) is 4.99 Å². The largest absolute Gasteiger partial charge is 0.378 e. The van der Waals surface area contributed by atoms with Gasteiger partial charge in [-0.1, -0.05) is 12.1 Å². The molecule has 3 rings (SSSR count). The number of hydrogen-bond donors (Lipinski definition) is 2. The van der Waals surface area contributed by atoms with Gasteiger partial charge in [0.05, 0.1) is 17.6 Å². The second-order valence-corrected chi connectivity index (χ2v) is 6.58. The lowest BCUT2D eigenvalue weighted by Crippen LogP contribution is -2.53. The monoisotopic (exact) mass is 377 g/mol. The first kappa shape index (κ1) is 19.4. The van der Waals surface area contributed by atoms with Crippen LogP contribution in [0, 0.1) is 10.1 Å². The number of morpholine rings is 1. The molecule has 148 valence electrons.